The highest BCUT2D eigenvalue weighted by Crippen LogP contribution is 2.67. The van der Waals surface area contributed by atoms with Crippen LogP contribution in [0.15, 0.2) is 0 Å². The minimum atomic E-state index is 0.265. The van der Waals surface area contributed by atoms with E-state index in [0.717, 1.165) is 43.4 Å². The van der Waals surface area contributed by atoms with Gasteiger partial charge in [0, 0.05) is 18.8 Å². The zero-order valence-corrected chi connectivity index (χ0v) is 15.1. The van der Waals surface area contributed by atoms with Crippen molar-refractivity contribution in [1.29, 1.82) is 0 Å². The molecule has 0 heterocycles. The summed E-state index contributed by atoms with van der Waals surface area (Å²) in [7, 11) is 0. The molecule has 0 radical (unpaired) electrons. The van der Waals surface area contributed by atoms with E-state index in [1.807, 2.05) is 6.92 Å². The van der Waals surface area contributed by atoms with Crippen molar-refractivity contribution in [3.05, 3.63) is 0 Å². The normalized spacial score (nSPS) is 52.5. The first kappa shape index (κ1) is 15.8. The lowest BCUT2D eigenvalue weighted by Gasteiger charge is -2.60. The van der Waals surface area contributed by atoms with Crippen LogP contribution in [-0.2, 0) is 9.59 Å². The summed E-state index contributed by atoms with van der Waals surface area (Å²) >= 11 is 0. The topological polar surface area (TPSA) is 34.1 Å². The number of carbonyl (C=O) groups is 2. The molecule has 2 unspecified atom stereocenters. The van der Waals surface area contributed by atoms with E-state index in [2.05, 4.69) is 13.8 Å². The molecule has 4 rings (SSSR count). The number of hydrogen-bond acceptors (Lipinski definition) is 2. The lowest BCUT2D eigenvalue weighted by Crippen LogP contribution is -2.53. The first-order chi connectivity index (χ1) is 10.9. The van der Waals surface area contributed by atoms with Crippen molar-refractivity contribution < 1.29 is 9.59 Å². The van der Waals surface area contributed by atoms with Gasteiger partial charge in [0.15, 0.2) is 0 Å². The summed E-state index contributed by atoms with van der Waals surface area (Å²) in [5.74, 6) is 4.25. The molecule has 2 nitrogen and oxygen atoms in total. The third-order valence-corrected chi connectivity index (χ3v) is 8.97. The summed E-state index contributed by atoms with van der Waals surface area (Å²) in [6.07, 6.45) is 10.3. The first-order valence-electron chi connectivity index (χ1n) is 9.88. The molecule has 23 heavy (non-hydrogen) atoms. The summed E-state index contributed by atoms with van der Waals surface area (Å²) in [6.45, 7) is 6.74. The van der Waals surface area contributed by atoms with E-state index in [1.54, 1.807) is 0 Å². The molecule has 0 amide bonds. The molecule has 4 saturated carbocycles. The predicted molar refractivity (Wildman–Crippen MR) is 90.9 cm³/mol. The third-order valence-electron chi connectivity index (χ3n) is 8.97. The van der Waals surface area contributed by atoms with Crippen molar-refractivity contribution >= 4 is 11.6 Å². The second kappa shape index (κ2) is 5.17. The first-order valence-corrected chi connectivity index (χ1v) is 9.88. The van der Waals surface area contributed by atoms with E-state index < -0.39 is 0 Å². The standard InChI is InChI=1S/C21H32O2/c1-13(22)17-6-7-18-16-5-4-14-12-15(23)8-10-20(14,2)19(16)9-11-21(17,18)3/h14,16-19H,4-12H2,1-3H3/t14-,16?,17-,18+,19+,20+,21?/m1/s1. The molecule has 4 fully saturated rings. The van der Waals surface area contributed by atoms with Crippen molar-refractivity contribution in [1.82, 2.24) is 0 Å². The minimum Gasteiger partial charge on any atom is -0.300 e. The van der Waals surface area contributed by atoms with Gasteiger partial charge in [-0.3, -0.25) is 9.59 Å². The molecular formula is C21H32O2. The summed E-state index contributed by atoms with van der Waals surface area (Å²) in [4.78, 5) is 24.1. The van der Waals surface area contributed by atoms with Crippen molar-refractivity contribution in [2.75, 3.05) is 0 Å². The highest BCUT2D eigenvalue weighted by Gasteiger charge is 2.60. The molecular weight excluding hydrogens is 284 g/mol. The summed E-state index contributed by atoms with van der Waals surface area (Å²) in [5.41, 5.74) is 0.660. The van der Waals surface area contributed by atoms with Gasteiger partial charge in [-0.05, 0) is 86.4 Å². The van der Waals surface area contributed by atoms with Gasteiger partial charge in [0.1, 0.15) is 11.6 Å². The molecule has 4 aliphatic rings. The number of ketones is 2. The fraction of sp³-hybridized carbons (Fsp3) is 0.905. The molecule has 0 aromatic carbocycles. The van der Waals surface area contributed by atoms with Crippen LogP contribution in [0.3, 0.4) is 0 Å². The van der Waals surface area contributed by atoms with Gasteiger partial charge in [0.05, 0.1) is 0 Å². The van der Waals surface area contributed by atoms with Gasteiger partial charge in [-0.15, -0.1) is 0 Å². The van der Waals surface area contributed by atoms with Crippen LogP contribution >= 0.6 is 0 Å². The van der Waals surface area contributed by atoms with Crippen LogP contribution in [0.25, 0.3) is 0 Å². The van der Waals surface area contributed by atoms with Crippen molar-refractivity contribution in [2.45, 2.75) is 78.6 Å². The quantitative estimate of drug-likeness (QED) is 0.696. The van der Waals surface area contributed by atoms with Gasteiger partial charge in [0.25, 0.3) is 0 Å². The molecule has 0 N–H and O–H groups in total. The molecule has 0 aromatic heterocycles. The summed E-state index contributed by atoms with van der Waals surface area (Å²) in [5, 5.41) is 0. The van der Waals surface area contributed by atoms with Gasteiger partial charge in [-0.1, -0.05) is 13.8 Å². The molecule has 0 aromatic rings. The van der Waals surface area contributed by atoms with Crippen molar-refractivity contribution in [3.63, 3.8) is 0 Å². The molecule has 0 spiro atoms. The Balaban J connectivity index is 1.63. The van der Waals surface area contributed by atoms with Crippen molar-refractivity contribution in [2.24, 2.45) is 40.4 Å². The van der Waals surface area contributed by atoms with E-state index in [9.17, 15) is 9.59 Å². The highest BCUT2D eigenvalue weighted by molar-refractivity contribution is 5.80. The Bertz CT molecular complexity index is 538. The van der Waals surface area contributed by atoms with Crippen LogP contribution in [-0.4, -0.2) is 11.6 Å². The zero-order valence-electron chi connectivity index (χ0n) is 15.1. The predicted octanol–water partition coefficient (Wildman–Crippen LogP) is 4.80. The molecule has 7 atom stereocenters. The van der Waals surface area contributed by atoms with Gasteiger partial charge in [-0.2, -0.15) is 0 Å². The van der Waals surface area contributed by atoms with Crippen molar-refractivity contribution in [3.8, 4) is 0 Å². The van der Waals surface area contributed by atoms with Gasteiger partial charge < -0.3 is 0 Å². The van der Waals surface area contributed by atoms with Gasteiger partial charge >= 0.3 is 0 Å². The average molecular weight is 316 g/mol. The van der Waals surface area contributed by atoms with Gasteiger partial charge in [0.2, 0.25) is 0 Å². The maximum Gasteiger partial charge on any atom is 0.133 e. The molecule has 2 heteroatoms. The van der Waals surface area contributed by atoms with Crippen LogP contribution < -0.4 is 0 Å². The van der Waals surface area contributed by atoms with Crippen LogP contribution in [0, 0.1) is 40.4 Å². The Labute approximate surface area is 140 Å². The monoisotopic (exact) mass is 316 g/mol. The minimum absolute atomic E-state index is 0.265. The molecule has 0 bridgehead atoms. The molecule has 0 aliphatic heterocycles. The van der Waals surface area contributed by atoms with Gasteiger partial charge in [-0.25, -0.2) is 0 Å². The Morgan fingerprint density at radius 1 is 0.957 bits per heavy atom. The second-order valence-corrected chi connectivity index (χ2v) is 9.68. The molecule has 128 valence electrons. The number of rotatable bonds is 1. The van der Waals surface area contributed by atoms with Crippen LogP contribution in [0.4, 0.5) is 0 Å². The number of fused-ring (bicyclic) bond motifs is 5. The molecule has 4 aliphatic carbocycles. The van der Waals surface area contributed by atoms with E-state index in [-0.39, 0.29) is 5.41 Å². The van der Waals surface area contributed by atoms with Crippen LogP contribution in [0.1, 0.15) is 78.6 Å². The third kappa shape index (κ3) is 2.12. The SMILES string of the molecule is CC(=O)[C@H]1CC[C@H]2C3CC[C@@H]4CC(=O)CC[C@]4(C)[C@H]3CCC12C. The maximum absolute atomic E-state index is 12.2. The largest absolute Gasteiger partial charge is 0.300 e. The lowest BCUT2D eigenvalue weighted by molar-refractivity contribution is -0.143. The fourth-order valence-electron chi connectivity index (χ4n) is 7.71. The highest BCUT2D eigenvalue weighted by atomic mass is 16.1. The second-order valence-electron chi connectivity index (χ2n) is 9.68. The summed E-state index contributed by atoms with van der Waals surface area (Å²) < 4.78 is 0. The van der Waals surface area contributed by atoms with Crippen LogP contribution in [0.5, 0.6) is 0 Å². The number of carbonyl (C=O) groups excluding carboxylic acids is 2. The number of hydrogen-bond donors (Lipinski definition) is 0. The Morgan fingerprint density at radius 2 is 1.70 bits per heavy atom. The smallest absolute Gasteiger partial charge is 0.133 e. The lowest BCUT2D eigenvalue weighted by atomic mass is 9.44. The maximum atomic E-state index is 12.2. The Morgan fingerprint density at radius 3 is 2.43 bits per heavy atom. The van der Waals surface area contributed by atoms with E-state index in [4.69, 9.17) is 0 Å². The van der Waals surface area contributed by atoms with E-state index in [1.165, 1.54) is 32.1 Å². The van der Waals surface area contributed by atoms with E-state index in [0.29, 0.717) is 28.8 Å². The molecule has 0 saturated heterocycles. The summed E-state index contributed by atoms with van der Waals surface area (Å²) in [6, 6.07) is 0. The average Bonchev–Trinajstić information content (AvgIpc) is 2.85. The zero-order chi connectivity index (χ0) is 16.4. The van der Waals surface area contributed by atoms with E-state index >= 15 is 0 Å². The Hall–Kier alpha value is -0.660. The fourth-order valence-corrected chi connectivity index (χ4v) is 7.71. The van der Waals surface area contributed by atoms with Crippen LogP contribution in [0.2, 0.25) is 0 Å². The number of Topliss-reactive ketones (excluding diaryl/α,β-unsaturated/α-hetero) is 2. The Kier molecular flexibility index (Phi) is 3.56.